The standard InChI is InChI=1S/C19H21NO7S.Na/c1-26-14-3-2-13-5-7-20-6-4-12-8-16(21)17(9-15(12)19(13,20)10-14)27-28(24,25)11-18(22)23;/h2-3,5,8-9,14,21H,4,6-7,10-11H2,1H3,(H,22,23);/q;+1/p-1/t14-,19?;/m0./s1. The van der Waals surface area contributed by atoms with Gasteiger partial charge in [-0.1, -0.05) is 30.0 Å². The van der Waals surface area contributed by atoms with Gasteiger partial charge in [-0.3, -0.25) is 9.69 Å². The van der Waals surface area contributed by atoms with E-state index in [0.717, 1.165) is 29.8 Å². The van der Waals surface area contributed by atoms with Crippen molar-refractivity contribution in [3.8, 4) is 11.5 Å². The molecule has 0 saturated carbocycles. The van der Waals surface area contributed by atoms with E-state index in [1.807, 2.05) is 12.2 Å². The van der Waals surface area contributed by atoms with Gasteiger partial charge in [0.1, 0.15) is 5.75 Å². The van der Waals surface area contributed by atoms with E-state index in [0.29, 0.717) is 12.8 Å². The van der Waals surface area contributed by atoms with Crippen LogP contribution in [0.5, 0.6) is 11.5 Å². The minimum atomic E-state index is -4.42. The molecule has 2 aliphatic heterocycles. The number of aliphatic carboxylic acids is 1. The van der Waals surface area contributed by atoms with Crippen molar-refractivity contribution in [3.05, 3.63) is 47.1 Å². The largest absolute Gasteiger partial charge is 1.00 e. The topological polar surface area (TPSA) is 116 Å². The Kier molecular flexibility index (Phi) is 6.20. The van der Waals surface area contributed by atoms with Gasteiger partial charge in [0, 0.05) is 26.6 Å². The molecule has 1 unspecified atom stereocenters. The molecule has 0 bridgehead atoms. The molecule has 1 spiro atoms. The number of methoxy groups -OCH3 is 1. The maximum atomic E-state index is 12.4. The van der Waals surface area contributed by atoms with Crippen molar-refractivity contribution in [2.75, 3.05) is 26.0 Å². The molecule has 8 nitrogen and oxygen atoms in total. The Labute approximate surface area is 191 Å². The number of ether oxygens (including phenoxy) is 1. The van der Waals surface area contributed by atoms with Gasteiger partial charge in [-0.2, -0.15) is 8.42 Å². The molecule has 0 aromatic heterocycles. The number of carboxylic acids is 1. The first kappa shape index (κ1) is 22.3. The number of nitrogens with zero attached hydrogens (tertiary/aromatic N) is 1. The Bertz CT molecular complexity index is 1000. The van der Waals surface area contributed by atoms with Crippen LogP contribution in [0.3, 0.4) is 0 Å². The first-order valence-corrected chi connectivity index (χ1v) is 10.5. The van der Waals surface area contributed by atoms with Crippen LogP contribution in [0.1, 0.15) is 17.5 Å². The smallest absolute Gasteiger partial charge is 0.870 e. The molecule has 10 heteroatoms. The van der Waals surface area contributed by atoms with Gasteiger partial charge in [0.05, 0.1) is 11.6 Å². The van der Waals surface area contributed by atoms with Gasteiger partial charge in [0.15, 0.2) is 5.75 Å². The Morgan fingerprint density at radius 2 is 2.17 bits per heavy atom. The number of fused-ring (bicyclic) bond motifs is 1. The molecule has 0 radical (unpaired) electrons. The molecule has 3 aliphatic rings. The van der Waals surface area contributed by atoms with Crippen molar-refractivity contribution >= 4 is 16.1 Å². The molecular weight excluding hydrogens is 409 g/mol. The van der Waals surface area contributed by atoms with Gasteiger partial charge >= 0.3 is 45.6 Å². The molecule has 0 amide bonds. The van der Waals surface area contributed by atoms with Gasteiger partial charge in [-0.25, -0.2) is 0 Å². The summed E-state index contributed by atoms with van der Waals surface area (Å²) in [4.78, 5) is 13.0. The predicted octanol–water partition coefficient (Wildman–Crippen LogP) is -2.47. The summed E-state index contributed by atoms with van der Waals surface area (Å²) < 4.78 is 34.3. The third-order valence-electron chi connectivity index (χ3n) is 5.62. The maximum absolute atomic E-state index is 12.4. The van der Waals surface area contributed by atoms with Crippen molar-refractivity contribution < 1.29 is 61.9 Å². The first-order chi connectivity index (χ1) is 13.2. The quantitative estimate of drug-likeness (QED) is 0.404. The molecule has 0 saturated heterocycles. The zero-order valence-electron chi connectivity index (χ0n) is 16.3. The van der Waals surface area contributed by atoms with Crippen LogP contribution in [0.2, 0.25) is 0 Å². The fourth-order valence-electron chi connectivity index (χ4n) is 4.45. The predicted molar refractivity (Wildman–Crippen MR) is 97.5 cm³/mol. The second-order valence-electron chi connectivity index (χ2n) is 7.19. The molecule has 2 heterocycles. The van der Waals surface area contributed by atoms with Crippen molar-refractivity contribution in [2.45, 2.75) is 24.5 Å². The average molecular weight is 429 g/mol. The van der Waals surface area contributed by atoms with Crippen molar-refractivity contribution in [3.63, 3.8) is 0 Å². The molecule has 1 aromatic rings. The van der Waals surface area contributed by atoms with Crippen molar-refractivity contribution in [1.29, 1.82) is 0 Å². The Morgan fingerprint density at radius 1 is 1.41 bits per heavy atom. The normalized spacial score (nSPS) is 25.3. The van der Waals surface area contributed by atoms with E-state index < -0.39 is 33.1 Å². The van der Waals surface area contributed by atoms with E-state index >= 15 is 0 Å². The van der Waals surface area contributed by atoms with Crippen LogP contribution >= 0.6 is 0 Å². The van der Waals surface area contributed by atoms with E-state index in [2.05, 4.69) is 11.0 Å². The van der Waals surface area contributed by atoms with Gasteiger partial charge < -0.3 is 19.1 Å². The Balaban J connectivity index is 0.00000240. The number of hydrogen-bond acceptors (Lipinski definition) is 7. The third kappa shape index (κ3) is 3.87. The molecule has 1 N–H and O–H groups in total. The van der Waals surface area contributed by atoms with Crippen LogP contribution in [-0.4, -0.2) is 56.4 Å². The number of rotatable bonds is 5. The van der Waals surface area contributed by atoms with Crippen LogP contribution in [-0.2, 0) is 31.6 Å². The third-order valence-corrected chi connectivity index (χ3v) is 6.66. The average Bonchev–Trinajstić information content (AvgIpc) is 3.00. The summed E-state index contributed by atoms with van der Waals surface area (Å²) >= 11 is 0. The summed E-state index contributed by atoms with van der Waals surface area (Å²) in [6.07, 6.45) is 7.32. The Hall–Kier alpha value is -1.36. The summed E-state index contributed by atoms with van der Waals surface area (Å²) in [5.41, 5.74) is 2.24. The summed E-state index contributed by atoms with van der Waals surface area (Å²) in [7, 11) is -2.78. The Morgan fingerprint density at radius 3 is 2.86 bits per heavy atom. The van der Waals surface area contributed by atoms with Gasteiger partial charge in [0.2, 0.25) is 0 Å². The molecule has 150 valence electrons. The molecule has 4 rings (SSSR count). The second-order valence-corrected chi connectivity index (χ2v) is 8.76. The van der Waals surface area contributed by atoms with E-state index in [1.165, 1.54) is 12.1 Å². The van der Waals surface area contributed by atoms with E-state index in [-0.39, 0.29) is 41.4 Å². The molecule has 1 aromatic carbocycles. The molecule has 29 heavy (non-hydrogen) atoms. The summed E-state index contributed by atoms with van der Waals surface area (Å²) in [6.45, 7) is 1.52. The zero-order chi connectivity index (χ0) is 20.1. The summed E-state index contributed by atoms with van der Waals surface area (Å²) in [6, 6.07) is 2.87. The first-order valence-electron chi connectivity index (χ1n) is 8.90. The van der Waals surface area contributed by atoms with Gasteiger partial charge in [-0.05, 0) is 29.2 Å². The number of hydrogen-bond donors (Lipinski definition) is 1. The fraction of sp³-hybridized carbons (Fsp3) is 0.421. The summed E-state index contributed by atoms with van der Waals surface area (Å²) in [5.74, 6) is -3.70. The molecule has 1 aliphatic carbocycles. The monoisotopic (exact) mass is 429 g/mol. The zero-order valence-corrected chi connectivity index (χ0v) is 19.1. The number of benzene rings is 1. The minimum Gasteiger partial charge on any atom is -0.870 e. The second kappa shape index (κ2) is 8.05. The number of carboxylic acid groups (broad SMARTS) is 1. The van der Waals surface area contributed by atoms with Crippen LogP contribution < -0.4 is 38.8 Å². The summed E-state index contributed by atoms with van der Waals surface area (Å²) in [5, 5.41) is 21.2. The van der Waals surface area contributed by atoms with Crippen LogP contribution in [0.4, 0.5) is 0 Å². The van der Waals surface area contributed by atoms with Crippen molar-refractivity contribution in [1.82, 2.24) is 4.90 Å². The van der Waals surface area contributed by atoms with E-state index in [1.54, 1.807) is 7.11 Å². The molecular formula is C19H20NNaO7S. The van der Waals surface area contributed by atoms with Crippen molar-refractivity contribution in [2.24, 2.45) is 0 Å². The van der Waals surface area contributed by atoms with Crippen LogP contribution in [0.25, 0.3) is 0 Å². The van der Waals surface area contributed by atoms with Gasteiger partial charge in [-0.15, -0.1) is 0 Å². The SMILES string of the molecule is CO[C@H]1C=CC2=CCN3CCc4cc([O-])c(OS(=O)(=O)CC(=O)O)cc4C23C1.[Na+]. The molecule has 0 fully saturated rings. The fourth-order valence-corrected chi connectivity index (χ4v) is 5.22. The molecule has 2 atom stereocenters. The van der Waals surface area contributed by atoms with E-state index in [4.69, 9.17) is 14.0 Å². The van der Waals surface area contributed by atoms with E-state index in [9.17, 15) is 18.3 Å². The number of carbonyl (C=O) groups is 1. The van der Waals surface area contributed by atoms with Gasteiger partial charge in [0.25, 0.3) is 0 Å². The van der Waals surface area contributed by atoms with Crippen LogP contribution in [0.15, 0.2) is 35.9 Å². The minimum absolute atomic E-state index is 0. The van der Waals surface area contributed by atoms with Crippen LogP contribution in [0, 0.1) is 0 Å². The maximum Gasteiger partial charge on any atom is 1.00 e.